The first-order valence-electron chi connectivity index (χ1n) is 7.89. The van der Waals surface area contributed by atoms with Crippen molar-refractivity contribution in [2.45, 2.75) is 53.6 Å². The summed E-state index contributed by atoms with van der Waals surface area (Å²) in [4.78, 5) is 0. The highest BCUT2D eigenvalue weighted by Gasteiger charge is 2.31. The highest BCUT2D eigenvalue weighted by molar-refractivity contribution is 5.34. The Bertz CT molecular complexity index is 535. The van der Waals surface area contributed by atoms with Gasteiger partial charge in [0, 0.05) is 0 Å². The van der Waals surface area contributed by atoms with Crippen molar-refractivity contribution >= 4 is 0 Å². The average Bonchev–Trinajstić information content (AvgIpc) is 2.48. The summed E-state index contributed by atoms with van der Waals surface area (Å²) in [6.45, 7) is 14.4. The van der Waals surface area contributed by atoms with Crippen LogP contribution in [0.15, 0.2) is 47.6 Å². The predicted octanol–water partition coefficient (Wildman–Crippen LogP) is 4.93. The van der Waals surface area contributed by atoms with Crippen molar-refractivity contribution in [2.75, 3.05) is 7.11 Å². The first-order valence-corrected chi connectivity index (χ1v) is 7.89. The molecule has 0 saturated heterocycles. The second-order valence-electron chi connectivity index (χ2n) is 6.70. The zero-order valence-corrected chi connectivity index (χ0v) is 14.9. The van der Waals surface area contributed by atoms with Crippen molar-refractivity contribution in [3.05, 3.63) is 53.1 Å². The Hall–Kier alpha value is -1.54. The molecule has 1 aromatic carbocycles. The fraction of sp³-hybridized carbons (Fsp3) is 0.500. The lowest BCUT2D eigenvalue weighted by molar-refractivity contribution is 0.0777. The molecular formula is C20H30O2. The Morgan fingerprint density at radius 1 is 1.23 bits per heavy atom. The normalized spacial score (nSPS) is 14.3. The van der Waals surface area contributed by atoms with Gasteiger partial charge in [0.15, 0.2) is 0 Å². The van der Waals surface area contributed by atoms with Crippen molar-refractivity contribution in [1.29, 1.82) is 0 Å². The lowest BCUT2D eigenvalue weighted by Crippen LogP contribution is -2.33. The van der Waals surface area contributed by atoms with Crippen LogP contribution < -0.4 is 4.74 Å². The van der Waals surface area contributed by atoms with Gasteiger partial charge in [0.1, 0.15) is 5.75 Å². The van der Waals surface area contributed by atoms with Crippen LogP contribution in [0.25, 0.3) is 0 Å². The van der Waals surface area contributed by atoms with Crippen LogP contribution in [0.3, 0.4) is 0 Å². The molecule has 0 aromatic heterocycles. The minimum absolute atomic E-state index is 0.239. The molecule has 0 spiro atoms. The van der Waals surface area contributed by atoms with Gasteiger partial charge in [-0.2, -0.15) is 0 Å². The fourth-order valence-corrected chi connectivity index (χ4v) is 2.78. The molecule has 1 rings (SSSR count). The lowest BCUT2D eigenvalue weighted by Gasteiger charge is -2.33. The van der Waals surface area contributed by atoms with Crippen molar-refractivity contribution in [3.8, 4) is 5.75 Å². The molecule has 0 radical (unpaired) electrons. The van der Waals surface area contributed by atoms with E-state index in [2.05, 4.69) is 39.5 Å². The van der Waals surface area contributed by atoms with Crippen LogP contribution in [0.4, 0.5) is 0 Å². The van der Waals surface area contributed by atoms with Crippen LogP contribution in [-0.4, -0.2) is 18.3 Å². The molecule has 22 heavy (non-hydrogen) atoms. The molecule has 0 amide bonds. The Labute approximate surface area is 135 Å². The second kappa shape index (κ2) is 7.64. The van der Waals surface area contributed by atoms with Crippen molar-refractivity contribution in [2.24, 2.45) is 5.41 Å². The summed E-state index contributed by atoms with van der Waals surface area (Å²) < 4.78 is 5.19. The van der Waals surface area contributed by atoms with Crippen LogP contribution in [0.1, 0.15) is 46.6 Å². The minimum Gasteiger partial charge on any atom is -0.497 e. The standard InChI is InChI=1S/C20H30O2/c1-8-18(15(4)14(2)3)19(21)20(5,6)13-16-9-11-17(22-7)12-10-16/h9-12,19,21H,2,8,13H2,1,3-7H3/b18-15+. The maximum absolute atomic E-state index is 10.9. The molecule has 0 saturated carbocycles. The molecular weight excluding hydrogens is 272 g/mol. The molecule has 1 aromatic rings. The van der Waals surface area contributed by atoms with Gasteiger partial charge in [0.05, 0.1) is 13.2 Å². The van der Waals surface area contributed by atoms with E-state index in [9.17, 15) is 5.11 Å². The van der Waals surface area contributed by atoms with Crippen LogP contribution in [0, 0.1) is 5.41 Å². The number of methoxy groups -OCH3 is 1. The van der Waals surface area contributed by atoms with E-state index in [1.54, 1.807) is 7.11 Å². The molecule has 2 nitrogen and oxygen atoms in total. The number of benzene rings is 1. The van der Waals surface area contributed by atoms with Gasteiger partial charge in [-0.3, -0.25) is 0 Å². The number of aliphatic hydroxyl groups excluding tert-OH is 1. The summed E-state index contributed by atoms with van der Waals surface area (Å²) in [5.74, 6) is 0.856. The first-order chi connectivity index (χ1) is 10.2. The Morgan fingerprint density at radius 3 is 2.18 bits per heavy atom. The summed E-state index contributed by atoms with van der Waals surface area (Å²) in [5.41, 5.74) is 4.20. The highest BCUT2D eigenvalue weighted by Crippen LogP contribution is 2.34. The van der Waals surface area contributed by atoms with Gasteiger partial charge >= 0.3 is 0 Å². The van der Waals surface area contributed by atoms with Gasteiger partial charge in [-0.25, -0.2) is 0 Å². The summed E-state index contributed by atoms with van der Waals surface area (Å²) in [6, 6.07) is 8.06. The molecule has 122 valence electrons. The second-order valence-corrected chi connectivity index (χ2v) is 6.70. The van der Waals surface area contributed by atoms with Gasteiger partial charge < -0.3 is 9.84 Å². The van der Waals surface area contributed by atoms with Gasteiger partial charge in [0.2, 0.25) is 0 Å². The Kier molecular flexibility index (Phi) is 6.43. The number of ether oxygens (including phenoxy) is 1. The average molecular weight is 302 g/mol. The van der Waals surface area contributed by atoms with E-state index in [-0.39, 0.29) is 5.41 Å². The maximum atomic E-state index is 10.9. The predicted molar refractivity (Wildman–Crippen MR) is 94.3 cm³/mol. The van der Waals surface area contributed by atoms with Crippen LogP contribution in [-0.2, 0) is 6.42 Å². The number of aliphatic hydroxyl groups is 1. The third-order valence-electron chi connectivity index (χ3n) is 4.39. The molecule has 0 aliphatic rings. The van der Waals surface area contributed by atoms with Gasteiger partial charge in [-0.15, -0.1) is 0 Å². The molecule has 1 N–H and O–H groups in total. The summed E-state index contributed by atoms with van der Waals surface area (Å²) in [7, 11) is 1.67. The molecule has 0 fully saturated rings. The first kappa shape index (κ1) is 18.5. The fourth-order valence-electron chi connectivity index (χ4n) is 2.78. The Balaban J connectivity index is 3.00. The summed E-state index contributed by atoms with van der Waals surface area (Å²) in [6.07, 6.45) is 1.17. The van der Waals surface area contributed by atoms with E-state index in [1.807, 2.05) is 26.0 Å². The topological polar surface area (TPSA) is 29.5 Å². The van der Waals surface area contributed by atoms with E-state index in [0.29, 0.717) is 0 Å². The number of hydrogen-bond donors (Lipinski definition) is 1. The quantitative estimate of drug-likeness (QED) is 0.724. The lowest BCUT2D eigenvalue weighted by atomic mass is 9.75. The van der Waals surface area contributed by atoms with E-state index < -0.39 is 6.10 Å². The molecule has 1 atom stereocenters. The van der Waals surface area contributed by atoms with Gasteiger partial charge in [-0.1, -0.05) is 45.1 Å². The van der Waals surface area contributed by atoms with E-state index in [1.165, 1.54) is 5.56 Å². The third-order valence-corrected chi connectivity index (χ3v) is 4.39. The zero-order chi connectivity index (χ0) is 16.9. The number of hydrogen-bond acceptors (Lipinski definition) is 2. The maximum Gasteiger partial charge on any atom is 0.118 e. The van der Waals surface area contributed by atoms with Crippen molar-refractivity contribution < 1.29 is 9.84 Å². The number of allylic oxidation sites excluding steroid dienone is 2. The summed E-state index contributed by atoms with van der Waals surface area (Å²) >= 11 is 0. The third kappa shape index (κ3) is 4.48. The molecule has 0 heterocycles. The largest absolute Gasteiger partial charge is 0.497 e. The monoisotopic (exact) mass is 302 g/mol. The minimum atomic E-state index is -0.476. The molecule has 0 aliphatic carbocycles. The van der Waals surface area contributed by atoms with E-state index in [0.717, 1.165) is 35.3 Å². The smallest absolute Gasteiger partial charge is 0.118 e. The van der Waals surface area contributed by atoms with E-state index >= 15 is 0 Å². The Morgan fingerprint density at radius 2 is 1.77 bits per heavy atom. The van der Waals surface area contributed by atoms with E-state index in [4.69, 9.17) is 4.74 Å². The van der Waals surface area contributed by atoms with Crippen LogP contribution in [0.5, 0.6) is 5.75 Å². The zero-order valence-electron chi connectivity index (χ0n) is 14.9. The van der Waals surface area contributed by atoms with Crippen molar-refractivity contribution in [3.63, 3.8) is 0 Å². The van der Waals surface area contributed by atoms with Crippen LogP contribution in [0.2, 0.25) is 0 Å². The van der Waals surface area contributed by atoms with Crippen molar-refractivity contribution in [1.82, 2.24) is 0 Å². The molecule has 2 heteroatoms. The van der Waals surface area contributed by atoms with Gasteiger partial charge in [0.25, 0.3) is 0 Å². The van der Waals surface area contributed by atoms with Gasteiger partial charge in [-0.05, 0) is 60.9 Å². The number of rotatable bonds is 7. The molecule has 1 unspecified atom stereocenters. The summed E-state index contributed by atoms with van der Waals surface area (Å²) in [5, 5.41) is 10.9. The highest BCUT2D eigenvalue weighted by atomic mass is 16.5. The molecule has 0 aliphatic heterocycles. The van der Waals surface area contributed by atoms with Crippen LogP contribution >= 0.6 is 0 Å². The molecule has 0 bridgehead atoms. The SMILES string of the molecule is C=C(C)/C(C)=C(\CC)C(O)C(C)(C)Cc1ccc(OC)cc1.